The van der Waals surface area contributed by atoms with Gasteiger partial charge in [-0.1, -0.05) is 0 Å². The number of carbonyl (C=O) groups is 3. The maximum absolute atomic E-state index is 12.3. The minimum atomic E-state index is -1.19. The van der Waals surface area contributed by atoms with Crippen LogP contribution < -0.4 is 10.6 Å². The van der Waals surface area contributed by atoms with Crippen LogP contribution in [0.5, 0.6) is 5.75 Å². The van der Waals surface area contributed by atoms with E-state index in [4.69, 9.17) is 4.74 Å². The van der Waals surface area contributed by atoms with E-state index in [1.165, 1.54) is 19.1 Å². The number of phenols is 1. The summed E-state index contributed by atoms with van der Waals surface area (Å²) < 4.78 is 5.08. The molecule has 0 saturated heterocycles. The fraction of sp³-hybridized carbons (Fsp3) is 0.526. The van der Waals surface area contributed by atoms with Gasteiger partial charge in [0.05, 0.1) is 0 Å². The molecule has 2 unspecified atom stereocenters. The summed E-state index contributed by atoms with van der Waals surface area (Å²) in [5.41, 5.74) is 1.48. The predicted octanol–water partition coefficient (Wildman–Crippen LogP) is 2.03. The lowest BCUT2D eigenvalue weighted by Gasteiger charge is -2.23. The molecule has 1 aromatic rings. The Labute approximate surface area is 158 Å². The summed E-state index contributed by atoms with van der Waals surface area (Å²) in [6, 6.07) is 0.928. The van der Waals surface area contributed by atoms with Crippen molar-refractivity contribution < 1.29 is 29.3 Å². The van der Waals surface area contributed by atoms with E-state index in [9.17, 15) is 24.6 Å². The first-order chi connectivity index (χ1) is 12.3. The van der Waals surface area contributed by atoms with Gasteiger partial charge in [0.2, 0.25) is 5.91 Å². The van der Waals surface area contributed by atoms with Crippen LogP contribution in [0, 0.1) is 13.8 Å². The van der Waals surface area contributed by atoms with E-state index in [1.807, 2.05) is 0 Å². The number of carboxylic acids is 1. The number of alkyl carbamates (subject to hydrolysis) is 1. The molecule has 0 aromatic heterocycles. The molecule has 1 rings (SSSR count). The second kappa shape index (κ2) is 8.75. The molecular formula is C19H28N2O6. The number of benzene rings is 1. The molecule has 0 radical (unpaired) electrons. The van der Waals surface area contributed by atoms with E-state index in [2.05, 4.69) is 10.6 Å². The zero-order valence-electron chi connectivity index (χ0n) is 16.5. The molecule has 8 nitrogen and oxygen atoms in total. The lowest BCUT2D eigenvalue weighted by molar-refractivity contribution is -0.142. The van der Waals surface area contributed by atoms with Crippen molar-refractivity contribution >= 4 is 18.0 Å². The minimum Gasteiger partial charge on any atom is -0.508 e. The van der Waals surface area contributed by atoms with Crippen LogP contribution in [0.3, 0.4) is 0 Å². The van der Waals surface area contributed by atoms with Gasteiger partial charge >= 0.3 is 12.1 Å². The first kappa shape index (κ1) is 22.3. The van der Waals surface area contributed by atoms with Crippen molar-refractivity contribution in [2.24, 2.45) is 0 Å². The van der Waals surface area contributed by atoms with Crippen LogP contribution in [0.2, 0.25) is 0 Å². The Morgan fingerprint density at radius 3 is 2.07 bits per heavy atom. The number of phenolic OH excluding ortho intramolecular Hbond substituents is 1. The molecule has 0 heterocycles. The summed E-state index contributed by atoms with van der Waals surface area (Å²) in [6.45, 7) is 10.0. The number of amides is 2. The monoisotopic (exact) mass is 380 g/mol. The highest BCUT2D eigenvalue weighted by Crippen LogP contribution is 2.22. The van der Waals surface area contributed by atoms with Crippen LogP contribution in [-0.4, -0.2) is 45.9 Å². The Bertz CT molecular complexity index is 700. The van der Waals surface area contributed by atoms with E-state index in [0.29, 0.717) is 0 Å². The molecule has 0 bridgehead atoms. The summed E-state index contributed by atoms with van der Waals surface area (Å²) >= 11 is 0. The maximum atomic E-state index is 12.3. The zero-order chi connectivity index (χ0) is 20.9. The number of carboxylic acid groups (broad SMARTS) is 1. The molecular weight excluding hydrogens is 352 g/mol. The van der Waals surface area contributed by atoms with E-state index in [-0.39, 0.29) is 12.2 Å². The second-order valence-corrected chi connectivity index (χ2v) is 7.53. The molecule has 0 saturated carbocycles. The van der Waals surface area contributed by atoms with Gasteiger partial charge in [0.25, 0.3) is 0 Å². The lowest BCUT2D eigenvalue weighted by atomic mass is 9.96. The minimum absolute atomic E-state index is 0.0537. The van der Waals surface area contributed by atoms with Crippen LogP contribution in [0.4, 0.5) is 4.79 Å². The summed E-state index contributed by atoms with van der Waals surface area (Å²) in [6.07, 6.45) is -0.708. The third-order valence-corrected chi connectivity index (χ3v) is 3.83. The van der Waals surface area contributed by atoms with Crippen molar-refractivity contribution in [3.05, 3.63) is 28.8 Å². The second-order valence-electron chi connectivity index (χ2n) is 7.53. The van der Waals surface area contributed by atoms with E-state index in [1.54, 1.807) is 34.6 Å². The Morgan fingerprint density at radius 2 is 1.63 bits per heavy atom. The first-order valence-electron chi connectivity index (χ1n) is 8.62. The van der Waals surface area contributed by atoms with Gasteiger partial charge in [-0.2, -0.15) is 0 Å². The number of ether oxygens (including phenoxy) is 1. The van der Waals surface area contributed by atoms with Crippen LogP contribution in [0.25, 0.3) is 0 Å². The van der Waals surface area contributed by atoms with E-state index in [0.717, 1.165) is 16.7 Å². The molecule has 4 N–H and O–H groups in total. The van der Waals surface area contributed by atoms with Gasteiger partial charge in [-0.25, -0.2) is 9.59 Å². The molecule has 0 aliphatic rings. The van der Waals surface area contributed by atoms with Gasteiger partial charge in [-0.05, 0) is 70.4 Å². The fourth-order valence-corrected chi connectivity index (χ4v) is 2.54. The maximum Gasteiger partial charge on any atom is 0.408 e. The third-order valence-electron chi connectivity index (χ3n) is 3.83. The number of aliphatic carboxylic acids is 1. The van der Waals surface area contributed by atoms with Crippen LogP contribution in [0.1, 0.15) is 44.4 Å². The molecule has 0 spiro atoms. The van der Waals surface area contributed by atoms with Crippen molar-refractivity contribution in [2.45, 2.75) is 65.6 Å². The molecule has 8 heteroatoms. The number of carbonyl (C=O) groups excluding carboxylic acids is 2. The summed E-state index contributed by atoms with van der Waals surface area (Å²) in [5.74, 6) is -1.73. The summed E-state index contributed by atoms with van der Waals surface area (Å²) in [7, 11) is 0. The third kappa shape index (κ3) is 7.16. The molecule has 27 heavy (non-hydrogen) atoms. The molecule has 150 valence electrons. The topological polar surface area (TPSA) is 125 Å². The molecule has 2 atom stereocenters. The van der Waals surface area contributed by atoms with Crippen LogP contribution >= 0.6 is 0 Å². The number of rotatable bonds is 6. The molecule has 1 aromatic carbocycles. The highest BCUT2D eigenvalue weighted by Gasteiger charge is 2.26. The van der Waals surface area contributed by atoms with Gasteiger partial charge < -0.3 is 25.6 Å². The molecule has 0 aliphatic heterocycles. The Balaban J connectivity index is 2.81. The molecule has 0 fully saturated rings. The van der Waals surface area contributed by atoms with E-state index < -0.39 is 35.7 Å². The average Bonchev–Trinajstić information content (AvgIpc) is 2.46. The van der Waals surface area contributed by atoms with Crippen molar-refractivity contribution in [1.29, 1.82) is 0 Å². The van der Waals surface area contributed by atoms with Gasteiger partial charge in [0, 0.05) is 6.42 Å². The Kier molecular flexibility index (Phi) is 7.21. The van der Waals surface area contributed by atoms with Crippen LogP contribution in [0.15, 0.2) is 12.1 Å². The van der Waals surface area contributed by atoms with Crippen molar-refractivity contribution in [2.75, 3.05) is 0 Å². The SMILES string of the molecule is Cc1cc(O)cc(C)c1CC(NC(=O)C(C)NC(=O)OC(C)(C)C)C(=O)O. The van der Waals surface area contributed by atoms with Crippen LogP contribution in [-0.2, 0) is 20.7 Å². The van der Waals surface area contributed by atoms with Gasteiger partial charge in [-0.3, -0.25) is 4.79 Å². The van der Waals surface area contributed by atoms with E-state index >= 15 is 0 Å². The largest absolute Gasteiger partial charge is 0.508 e. The molecule has 0 aliphatic carbocycles. The highest BCUT2D eigenvalue weighted by atomic mass is 16.6. The smallest absolute Gasteiger partial charge is 0.408 e. The summed E-state index contributed by atoms with van der Waals surface area (Å²) in [4.78, 5) is 35.6. The Hall–Kier alpha value is -2.77. The molecule has 2 amide bonds. The van der Waals surface area contributed by atoms with Gasteiger partial charge in [0.1, 0.15) is 23.4 Å². The van der Waals surface area contributed by atoms with Crippen molar-refractivity contribution in [1.82, 2.24) is 10.6 Å². The van der Waals surface area contributed by atoms with Crippen molar-refractivity contribution in [3.63, 3.8) is 0 Å². The summed E-state index contributed by atoms with van der Waals surface area (Å²) in [5, 5.41) is 23.9. The average molecular weight is 380 g/mol. The van der Waals surface area contributed by atoms with Crippen molar-refractivity contribution in [3.8, 4) is 5.75 Å². The zero-order valence-corrected chi connectivity index (χ0v) is 16.5. The highest BCUT2D eigenvalue weighted by molar-refractivity contribution is 5.89. The standard InChI is InChI=1S/C19H28N2O6/c1-10-7-13(22)8-11(2)14(10)9-15(17(24)25)21-16(23)12(3)20-18(26)27-19(4,5)6/h7-8,12,15,22H,9H2,1-6H3,(H,20,26)(H,21,23)(H,24,25). The number of aromatic hydroxyl groups is 1. The number of hydrogen-bond acceptors (Lipinski definition) is 5. The fourth-order valence-electron chi connectivity index (χ4n) is 2.54. The quantitative estimate of drug-likeness (QED) is 0.598. The Morgan fingerprint density at radius 1 is 1.11 bits per heavy atom. The number of aryl methyl sites for hydroxylation is 2. The van der Waals surface area contributed by atoms with Gasteiger partial charge in [-0.15, -0.1) is 0 Å². The normalized spacial score (nSPS) is 13.4. The lowest BCUT2D eigenvalue weighted by Crippen LogP contribution is -2.51. The first-order valence-corrected chi connectivity index (χ1v) is 8.62. The number of hydrogen-bond donors (Lipinski definition) is 4. The predicted molar refractivity (Wildman–Crippen MR) is 99.7 cm³/mol. The number of nitrogens with one attached hydrogen (secondary N) is 2. The van der Waals surface area contributed by atoms with Gasteiger partial charge in [0.15, 0.2) is 0 Å².